The number of esters is 1. The molecule has 88 valence electrons. The summed E-state index contributed by atoms with van der Waals surface area (Å²) < 4.78 is 4.74. The molecule has 1 amide bonds. The Morgan fingerprint density at radius 1 is 1.27 bits per heavy atom. The summed E-state index contributed by atoms with van der Waals surface area (Å²) in [4.78, 5) is 22.4. The molecular weight excluding hydrogens is 194 g/mol. The Kier molecular flexibility index (Phi) is 6.75. The highest BCUT2D eigenvalue weighted by Gasteiger charge is 2.16. The lowest BCUT2D eigenvalue weighted by Gasteiger charge is -2.14. The lowest BCUT2D eigenvalue weighted by molar-refractivity contribution is -0.143. The molecule has 0 bridgehead atoms. The molecule has 0 aromatic heterocycles. The smallest absolute Gasteiger partial charge is 0.307 e. The quantitative estimate of drug-likeness (QED) is 0.680. The number of rotatable bonds is 6. The highest BCUT2D eigenvalue weighted by atomic mass is 16.5. The average molecular weight is 215 g/mol. The predicted molar refractivity (Wildman–Crippen MR) is 58.3 cm³/mol. The van der Waals surface area contributed by atoms with Crippen LogP contribution >= 0.6 is 0 Å². The van der Waals surface area contributed by atoms with E-state index in [4.69, 9.17) is 4.74 Å². The van der Waals surface area contributed by atoms with E-state index in [0.29, 0.717) is 19.1 Å². The van der Waals surface area contributed by atoms with Gasteiger partial charge >= 0.3 is 5.97 Å². The molecule has 4 heteroatoms. The fourth-order valence-corrected chi connectivity index (χ4v) is 0.985. The number of carbonyl (C=O) groups excluding carboxylic acids is 2. The SMILES string of the molecule is CCOC(=O)CCNC(=O)C(C)C(C)C. The van der Waals surface area contributed by atoms with Crippen molar-refractivity contribution >= 4 is 11.9 Å². The van der Waals surface area contributed by atoms with Crippen LogP contribution in [-0.4, -0.2) is 25.0 Å². The van der Waals surface area contributed by atoms with Crippen molar-refractivity contribution in [3.05, 3.63) is 0 Å². The van der Waals surface area contributed by atoms with Crippen molar-refractivity contribution in [1.82, 2.24) is 5.32 Å². The molecule has 0 spiro atoms. The van der Waals surface area contributed by atoms with Gasteiger partial charge in [0.1, 0.15) is 0 Å². The molecule has 0 saturated carbocycles. The Morgan fingerprint density at radius 3 is 2.33 bits per heavy atom. The van der Waals surface area contributed by atoms with Gasteiger partial charge in [-0.3, -0.25) is 9.59 Å². The van der Waals surface area contributed by atoms with Crippen LogP contribution in [-0.2, 0) is 14.3 Å². The van der Waals surface area contributed by atoms with Crippen LogP contribution in [0.25, 0.3) is 0 Å². The van der Waals surface area contributed by atoms with Crippen LogP contribution in [0.1, 0.15) is 34.1 Å². The van der Waals surface area contributed by atoms with Crippen LogP contribution in [0, 0.1) is 11.8 Å². The Bertz CT molecular complexity index is 214. The number of amides is 1. The van der Waals surface area contributed by atoms with Gasteiger partial charge in [0.2, 0.25) is 5.91 Å². The molecular formula is C11H21NO3. The van der Waals surface area contributed by atoms with E-state index in [9.17, 15) is 9.59 Å². The Hall–Kier alpha value is -1.06. The van der Waals surface area contributed by atoms with E-state index in [0.717, 1.165) is 0 Å². The maximum Gasteiger partial charge on any atom is 0.307 e. The summed E-state index contributed by atoms with van der Waals surface area (Å²) in [7, 11) is 0. The van der Waals surface area contributed by atoms with E-state index < -0.39 is 0 Å². The zero-order valence-corrected chi connectivity index (χ0v) is 10.0. The van der Waals surface area contributed by atoms with Gasteiger partial charge in [-0.2, -0.15) is 0 Å². The van der Waals surface area contributed by atoms with Gasteiger partial charge in [-0.05, 0) is 12.8 Å². The molecule has 0 aromatic carbocycles. The van der Waals surface area contributed by atoms with Crippen LogP contribution in [0.3, 0.4) is 0 Å². The van der Waals surface area contributed by atoms with Gasteiger partial charge in [0.25, 0.3) is 0 Å². The molecule has 4 nitrogen and oxygen atoms in total. The highest BCUT2D eigenvalue weighted by molar-refractivity contribution is 5.79. The lowest BCUT2D eigenvalue weighted by Crippen LogP contribution is -2.33. The molecule has 0 heterocycles. The van der Waals surface area contributed by atoms with Crippen LogP contribution in [0.4, 0.5) is 0 Å². The Balaban J connectivity index is 3.68. The minimum absolute atomic E-state index is 0.00528. The van der Waals surface area contributed by atoms with E-state index in [1.54, 1.807) is 6.92 Å². The zero-order valence-electron chi connectivity index (χ0n) is 10.0. The van der Waals surface area contributed by atoms with Gasteiger partial charge in [-0.25, -0.2) is 0 Å². The van der Waals surface area contributed by atoms with Gasteiger partial charge < -0.3 is 10.1 Å². The number of hydrogen-bond donors (Lipinski definition) is 1. The van der Waals surface area contributed by atoms with Gasteiger partial charge in [0.05, 0.1) is 13.0 Å². The van der Waals surface area contributed by atoms with Crippen LogP contribution in [0.2, 0.25) is 0 Å². The fourth-order valence-electron chi connectivity index (χ4n) is 0.985. The molecule has 1 atom stereocenters. The molecule has 0 aliphatic carbocycles. The third kappa shape index (κ3) is 6.10. The van der Waals surface area contributed by atoms with Crippen molar-refractivity contribution in [1.29, 1.82) is 0 Å². The maximum absolute atomic E-state index is 11.5. The first-order valence-electron chi connectivity index (χ1n) is 5.42. The number of ether oxygens (including phenoxy) is 1. The fraction of sp³-hybridized carbons (Fsp3) is 0.818. The molecule has 0 radical (unpaired) electrons. The second kappa shape index (κ2) is 7.26. The standard InChI is InChI=1S/C11H21NO3/c1-5-15-10(13)6-7-12-11(14)9(4)8(2)3/h8-9H,5-7H2,1-4H3,(H,12,14). The van der Waals surface area contributed by atoms with Crippen molar-refractivity contribution in [3.8, 4) is 0 Å². The van der Waals surface area contributed by atoms with Gasteiger partial charge in [0, 0.05) is 12.5 Å². The molecule has 0 aliphatic rings. The van der Waals surface area contributed by atoms with Gasteiger partial charge in [-0.15, -0.1) is 0 Å². The third-order valence-corrected chi connectivity index (χ3v) is 2.35. The van der Waals surface area contributed by atoms with Crippen molar-refractivity contribution < 1.29 is 14.3 Å². The Labute approximate surface area is 91.4 Å². The lowest BCUT2D eigenvalue weighted by atomic mass is 9.97. The molecule has 0 saturated heterocycles. The zero-order chi connectivity index (χ0) is 11.8. The molecule has 0 fully saturated rings. The first kappa shape index (κ1) is 13.9. The van der Waals surface area contributed by atoms with Crippen molar-refractivity contribution in [3.63, 3.8) is 0 Å². The van der Waals surface area contributed by atoms with E-state index in [1.165, 1.54) is 0 Å². The largest absolute Gasteiger partial charge is 0.466 e. The minimum atomic E-state index is -0.269. The molecule has 0 aliphatic heterocycles. The second-order valence-corrected chi connectivity index (χ2v) is 3.88. The second-order valence-electron chi connectivity index (χ2n) is 3.88. The summed E-state index contributed by atoms with van der Waals surface area (Å²) in [5.74, 6) is 0.0177. The normalized spacial score (nSPS) is 12.3. The van der Waals surface area contributed by atoms with E-state index >= 15 is 0 Å². The van der Waals surface area contributed by atoms with Crippen molar-refractivity contribution in [2.45, 2.75) is 34.1 Å². The third-order valence-electron chi connectivity index (χ3n) is 2.35. The number of hydrogen-bond acceptors (Lipinski definition) is 3. The summed E-state index contributed by atoms with van der Waals surface area (Å²) in [6, 6.07) is 0. The van der Waals surface area contributed by atoms with Crippen LogP contribution in [0.5, 0.6) is 0 Å². The van der Waals surface area contributed by atoms with Crippen molar-refractivity contribution in [2.24, 2.45) is 11.8 Å². The number of carbonyl (C=O) groups is 2. The minimum Gasteiger partial charge on any atom is -0.466 e. The maximum atomic E-state index is 11.5. The molecule has 1 unspecified atom stereocenters. The van der Waals surface area contributed by atoms with E-state index in [-0.39, 0.29) is 24.2 Å². The number of nitrogens with one attached hydrogen (secondary N) is 1. The van der Waals surface area contributed by atoms with Crippen molar-refractivity contribution in [2.75, 3.05) is 13.2 Å². The van der Waals surface area contributed by atoms with Gasteiger partial charge in [0.15, 0.2) is 0 Å². The molecule has 0 aromatic rings. The molecule has 0 rings (SSSR count). The van der Waals surface area contributed by atoms with E-state index in [2.05, 4.69) is 5.32 Å². The summed E-state index contributed by atoms with van der Waals surface area (Å²) in [5.41, 5.74) is 0. The summed E-state index contributed by atoms with van der Waals surface area (Å²) >= 11 is 0. The molecule has 15 heavy (non-hydrogen) atoms. The van der Waals surface area contributed by atoms with Crippen LogP contribution < -0.4 is 5.32 Å². The molecule has 1 N–H and O–H groups in total. The first-order chi connectivity index (χ1) is 6.99. The predicted octanol–water partition coefficient (Wildman–Crippen LogP) is 1.35. The monoisotopic (exact) mass is 215 g/mol. The summed E-state index contributed by atoms with van der Waals surface area (Å²) in [6.07, 6.45) is 0.240. The summed E-state index contributed by atoms with van der Waals surface area (Å²) in [6.45, 7) is 8.37. The topological polar surface area (TPSA) is 55.4 Å². The summed E-state index contributed by atoms with van der Waals surface area (Å²) in [5, 5.41) is 2.71. The van der Waals surface area contributed by atoms with E-state index in [1.807, 2.05) is 20.8 Å². The van der Waals surface area contributed by atoms with Crippen LogP contribution in [0.15, 0.2) is 0 Å². The first-order valence-corrected chi connectivity index (χ1v) is 5.42. The highest BCUT2D eigenvalue weighted by Crippen LogP contribution is 2.08. The Morgan fingerprint density at radius 2 is 1.87 bits per heavy atom. The average Bonchev–Trinajstić information content (AvgIpc) is 2.16. The van der Waals surface area contributed by atoms with Gasteiger partial charge in [-0.1, -0.05) is 20.8 Å².